The Balaban J connectivity index is 2.10. The molecular weight excluding hydrogens is 255 g/mol. The van der Waals surface area contributed by atoms with Gasteiger partial charge >= 0.3 is 0 Å². The molecule has 1 aliphatic heterocycles. The van der Waals surface area contributed by atoms with E-state index < -0.39 is 5.95 Å². The Morgan fingerprint density at radius 2 is 2.25 bits per heavy atom. The molecule has 0 amide bonds. The van der Waals surface area contributed by atoms with Gasteiger partial charge in [0, 0.05) is 29.9 Å². The van der Waals surface area contributed by atoms with Crippen molar-refractivity contribution in [1.82, 2.24) is 4.98 Å². The second-order valence-electron chi connectivity index (χ2n) is 5.48. The van der Waals surface area contributed by atoms with Crippen LogP contribution in [0, 0.1) is 18.8 Å². The van der Waals surface area contributed by atoms with Crippen LogP contribution in [-0.2, 0) is 0 Å². The fourth-order valence-corrected chi connectivity index (χ4v) is 2.98. The predicted octanol–water partition coefficient (Wildman–Crippen LogP) is 2.05. The van der Waals surface area contributed by atoms with Crippen molar-refractivity contribution in [2.75, 3.05) is 30.3 Å². The van der Waals surface area contributed by atoms with E-state index in [2.05, 4.69) is 9.88 Å². The number of hydrogen-bond donors (Lipinski definition) is 2. The van der Waals surface area contributed by atoms with E-state index >= 15 is 0 Å². The van der Waals surface area contributed by atoms with Gasteiger partial charge in [-0.2, -0.15) is 4.39 Å². The number of aromatic nitrogens is 1. The highest BCUT2D eigenvalue weighted by atomic mass is 19.1. The van der Waals surface area contributed by atoms with Gasteiger partial charge in [-0.3, -0.25) is 0 Å². The molecule has 1 fully saturated rings. The van der Waals surface area contributed by atoms with E-state index in [0.29, 0.717) is 23.7 Å². The summed E-state index contributed by atoms with van der Waals surface area (Å²) in [4.78, 5) is 6.28. The first-order valence-corrected chi connectivity index (χ1v) is 6.90. The summed E-state index contributed by atoms with van der Waals surface area (Å²) in [6, 6.07) is 5.00. The zero-order valence-corrected chi connectivity index (χ0v) is 11.6. The Morgan fingerprint density at radius 3 is 2.95 bits per heavy atom. The number of halogens is 1. The molecule has 5 heteroatoms. The average molecular weight is 274 g/mol. The Hall–Kier alpha value is -1.88. The van der Waals surface area contributed by atoms with Crippen molar-refractivity contribution in [2.45, 2.75) is 13.3 Å². The van der Waals surface area contributed by atoms with Gasteiger partial charge in [-0.1, -0.05) is 0 Å². The molecule has 1 atom stereocenters. The maximum Gasteiger partial charge on any atom is 0.213 e. The molecule has 0 aliphatic carbocycles. The molecule has 1 aromatic heterocycles. The first-order valence-electron chi connectivity index (χ1n) is 6.90. The number of benzene rings is 1. The van der Waals surface area contributed by atoms with E-state index in [1.54, 1.807) is 6.07 Å². The Kier molecular flexibility index (Phi) is 3.22. The molecule has 4 N–H and O–H groups in total. The summed E-state index contributed by atoms with van der Waals surface area (Å²) >= 11 is 0. The Bertz CT molecular complexity index is 656. The lowest BCUT2D eigenvalue weighted by molar-refractivity contribution is 0.589. The number of hydrogen-bond acceptors (Lipinski definition) is 4. The molecule has 3 rings (SSSR count). The van der Waals surface area contributed by atoms with Crippen LogP contribution in [0.25, 0.3) is 10.9 Å². The second-order valence-corrected chi connectivity index (χ2v) is 5.48. The third-order valence-corrected chi connectivity index (χ3v) is 4.16. The van der Waals surface area contributed by atoms with Gasteiger partial charge < -0.3 is 16.4 Å². The van der Waals surface area contributed by atoms with Gasteiger partial charge in [-0.15, -0.1) is 0 Å². The molecule has 20 heavy (non-hydrogen) atoms. The lowest BCUT2D eigenvalue weighted by Crippen LogP contribution is -2.23. The van der Waals surface area contributed by atoms with Crippen molar-refractivity contribution in [1.29, 1.82) is 0 Å². The lowest BCUT2D eigenvalue weighted by Gasteiger charge is -2.22. The highest BCUT2D eigenvalue weighted by Crippen LogP contribution is 2.34. The van der Waals surface area contributed by atoms with Gasteiger partial charge in [0.15, 0.2) is 0 Å². The first kappa shape index (κ1) is 13.1. The molecule has 1 saturated heterocycles. The second kappa shape index (κ2) is 4.90. The number of nitrogens with zero attached hydrogens (tertiary/aromatic N) is 2. The quantitative estimate of drug-likeness (QED) is 0.649. The summed E-state index contributed by atoms with van der Waals surface area (Å²) in [5.41, 5.74) is 15.2. The number of pyridine rings is 1. The number of anilines is 2. The minimum atomic E-state index is -0.474. The maximum absolute atomic E-state index is 13.4. The Labute approximate surface area is 117 Å². The van der Waals surface area contributed by atoms with Gasteiger partial charge in [-0.05, 0) is 49.6 Å². The minimum Gasteiger partial charge on any atom is -0.398 e. The zero-order valence-electron chi connectivity index (χ0n) is 11.6. The van der Waals surface area contributed by atoms with E-state index in [-0.39, 0.29) is 0 Å². The SMILES string of the molecule is Cc1c(N2CCC(CN)C2)cc(N)c2ccc(F)nc12. The van der Waals surface area contributed by atoms with Gasteiger partial charge in [-0.25, -0.2) is 4.98 Å². The molecular formula is C15H19FN4. The number of aryl methyl sites for hydroxylation is 1. The number of nitrogen functional groups attached to an aromatic ring is 1. The van der Waals surface area contributed by atoms with Crippen molar-refractivity contribution in [3.05, 3.63) is 29.7 Å². The highest BCUT2D eigenvalue weighted by molar-refractivity contribution is 5.96. The molecule has 0 bridgehead atoms. The fourth-order valence-electron chi connectivity index (χ4n) is 2.98. The topological polar surface area (TPSA) is 68.2 Å². The van der Waals surface area contributed by atoms with Crippen LogP contribution in [0.15, 0.2) is 18.2 Å². The fraction of sp³-hybridized carbons (Fsp3) is 0.400. The molecule has 2 aromatic rings. The number of rotatable bonds is 2. The van der Waals surface area contributed by atoms with E-state index in [1.807, 2.05) is 13.0 Å². The molecule has 106 valence electrons. The summed E-state index contributed by atoms with van der Waals surface area (Å²) in [7, 11) is 0. The van der Waals surface area contributed by atoms with Crippen LogP contribution < -0.4 is 16.4 Å². The van der Waals surface area contributed by atoms with Crippen LogP contribution in [0.1, 0.15) is 12.0 Å². The van der Waals surface area contributed by atoms with Gasteiger partial charge in [0.2, 0.25) is 5.95 Å². The van der Waals surface area contributed by atoms with Crippen LogP contribution in [0.2, 0.25) is 0 Å². The first-order chi connectivity index (χ1) is 9.60. The summed E-state index contributed by atoms with van der Waals surface area (Å²) in [6.07, 6.45) is 1.09. The van der Waals surface area contributed by atoms with Crippen LogP contribution >= 0.6 is 0 Å². The van der Waals surface area contributed by atoms with Crippen LogP contribution in [-0.4, -0.2) is 24.6 Å². The molecule has 1 aliphatic rings. The minimum absolute atomic E-state index is 0.474. The van der Waals surface area contributed by atoms with Crippen LogP contribution in [0.3, 0.4) is 0 Å². The molecule has 0 spiro atoms. The van der Waals surface area contributed by atoms with Gasteiger partial charge in [0.25, 0.3) is 0 Å². The van der Waals surface area contributed by atoms with Crippen molar-refractivity contribution < 1.29 is 4.39 Å². The van der Waals surface area contributed by atoms with Gasteiger partial charge in [0.1, 0.15) is 0 Å². The van der Waals surface area contributed by atoms with E-state index in [0.717, 1.165) is 36.1 Å². The largest absolute Gasteiger partial charge is 0.398 e. The number of nitrogens with two attached hydrogens (primary N) is 2. The van der Waals surface area contributed by atoms with Gasteiger partial charge in [0.05, 0.1) is 5.52 Å². The molecule has 2 heterocycles. The van der Waals surface area contributed by atoms with Crippen molar-refractivity contribution in [2.24, 2.45) is 11.7 Å². The molecule has 1 unspecified atom stereocenters. The summed E-state index contributed by atoms with van der Waals surface area (Å²) in [6.45, 7) is 4.56. The van der Waals surface area contributed by atoms with Crippen LogP contribution in [0.5, 0.6) is 0 Å². The normalized spacial score (nSPS) is 18.9. The van der Waals surface area contributed by atoms with Crippen molar-refractivity contribution in [3.8, 4) is 0 Å². The highest BCUT2D eigenvalue weighted by Gasteiger charge is 2.24. The zero-order chi connectivity index (χ0) is 14.3. The van der Waals surface area contributed by atoms with Crippen molar-refractivity contribution >= 4 is 22.3 Å². The molecule has 1 aromatic carbocycles. The summed E-state index contributed by atoms with van der Waals surface area (Å²) < 4.78 is 13.4. The summed E-state index contributed by atoms with van der Waals surface area (Å²) in [5.74, 6) is 0.0465. The van der Waals surface area contributed by atoms with Crippen molar-refractivity contribution in [3.63, 3.8) is 0 Å². The standard InChI is InChI=1S/C15H19FN4/c1-9-13(20-5-4-10(7-17)8-20)6-12(18)11-2-3-14(16)19-15(9)11/h2-3,6,10H,4-5,7-8,17-18H2,1H3. The third-order valence-electron chi connectivity index (χ3n) is 4.16. The third kappa shape index (κ3) is 2.08. The van der Waals surface area contributed by atoms with E-state index in [9.17, 15) is 4.39 Å². The molecule has 0 radical (unpaired) electrons. The summed E-state index contributed by atoms with van der Waals surface area (Å²) in [5, 5.41) is 0.808. The predicted molar refractivity (Wildman–Crippen MR) is 80.2 cm³/mol. The monoisotopic (exact) mass is 274 g/mol. The number of fused-ring (bicyclic) bond motifs is 1. The van der Waals surface area contributed by atoms with E-state index in [4.69, 9.17) is 11.5 Å². The smallest absolute Gasteiger partial charge is 0.213 e. The molecule has 4 nitrogen and oxygen atoms in total. The van der Waals surface area contributed by atoms with Crippen LogP contribution in [0.4, 0.5) is 15.8 Å². The average Bonchev–Trinajstić information content (AvgIpc) is 2.91. The van der Waals surface area contributed by atoms with E-state index in [1.165, 1.54) is 6.07 Å². The maximum atomic E-state index is 13.4. The molecule has 0 saturated carbocycles. The Morgan fingerprint density at radius 1 is 1.45 bits per heavy atom. The lowest BCUT2D eigenvalue weighted by atomic mass is 10.1.